The van der Waals surface area contributed by atoms with Crippen LogP contribution in [0.25, 0.3) is 22.2 Å². The van der Waals surface area contributed by atoms with Gasteiger partial charge in [0.2, 0.25) is 0 Å². The predicted octanol–water partition coefficient (Wildman–Crippen LogP) is 3.20. The normalized spacial score (nSPS) is 10.5. The standard InChI is InChI=1S/C16H15N3O/c1-20-12-7-8-14-13(9-12)16(19-17)10-15(18-14)11-5-3-2-4-6-11/h2-10H,17H2,1H3,(H,18,19). The van der Waals surface area contributed by atoms with Crippen LogP contribution in [-0.2, 0) is 0 Å². The van der Waals surface area contributed by atoms with Crippen LogP contribution in [0.15, 0.2) is 54.6 Å². The summed E-state index contributed by atoms with van der Waals surface area (Å²) in [5, 5.41) is 0.937. The Morgan fingerprint density at radius 1 is 1.05 bits per heavy atom. The zero-order valence-corrected chi connectivity index (χ0v) is 11.1. The Morgan fingerprint density at radius 3 is 2.55 bits per heavy atom. The van der Waals surface area contributed by atoms with E-state index in [1.807, 2.05) is 54.6 Å². The molecule has 0 saturated carbocycles. The van der Waals surface area contributed by atoms with Crippen molar-refractivity contribution < 1.29 is 4.74 Å². The third-order valence-corrected chi connectivity index (χ3v) is 3.24. The first-order valence-corrected chi connectivity index (χ1v) is 6.32. The van der Waals surface area contributed by atoms with Gasteiger partial charge in [0.05, 0.1) is 24.0 Å². The summed E-state index contributed by atoms with van der Waals surface area (Å²) in [6.07, 6.45) is 0. The van der Waals surface area contributed by atoms with Crippen molar-refractivity contribution in [2.45, 2.75) is 0 Å². The number of hydrogen-bond donors (Lipinski definition) is 2. The summed E-state index contributed by atoms with van der Waals surface area (Å²) in [5.41, 5.74) is 6.38. The van der Waals surface area contributed by atoms with Crippen molar-refractivity contribution in [3.63, 3.8) is 0 Å². The zero-order chi connectivity index (χ0) is 13.9. The van der Waals surface area contributed by atoms with Crippen LogP contribution in [0.1, 0.15) is 0 Å². The van der Waals surface area contributed by atoms with Gasteiger partial charge in [-0.25, -0.2) is 4.98 Å². The van der Waals surface area contributed by atoms with E-state index < -0.39 is 0 Å². The van der Waals surface area contributed by atoms with Crippen LogP contribution in [0, 0.1) is 0 Å². The molecule has 0 aliphatic carbocycles. The number of hydrogen-bond acceptors (Lipinski definition) is 4. The van der Waals surface area contributed by atoms with Crippen molar-refractivity contribution in [3.8, 4) is 17.0 Å². The number of nitrogens with zero attached hydrogens (tertiary/aromatic N) is 1. The number of ether oxygens (including phenoxy) is 1. The number of hydrazine groups is 1. The van der Waals surface area contributed by atoms with Crippen LogP contribution in [0.3, 0.4) is 0 Å². The number of fused-ring (bicyclic) bond motifs is 1. The van der Waals surface area contributed by atoms with E-state index in [9.17, 15) is 0 Å². The minimum atomic E-state index is 0.781. The van der Waals surface area contributed by atoms with Crippen molar-refractivity contribution in [2.75, 3.05) is 12.5 Å². The lowest BCUT2D eigenvalue weighted by Crippen LogP contribution is -2.08. The summed E-state index contributed by atoms with van der Waals surface area (Å²) in [6, 6.07) is 17.7. The maximum atomic E-state index is 5.64. The second-order valence-corrected chi connectivity index (χ2v) is 4.45. The van der Waals surface area contributed by atoms with Crippen LogP contribution in [0.4, 0.5) is 5.69 Å². The lowest BCUT2D eigenvalue weighted by Gasteiger charge is -2.10. The minimum Gasteiger partial charge on any atom is -0.497 e. The number of nitrogen functional groups attached to an aromatic ring is 1. The van der Waals surface area contributed by atoms with Gasteiger partial charge in [-0.05, 0) is 24.3 Å². The lowest BCUT2D eigenvalue weighted by atomic mass is 10.1. The van der Waals surface area contributed by atoms with E-state index in [-0.39, 0.29) is 0 Å². The highest BCUT2D eigenvalue weighted by Crippen LogP contribution is 2.30. The molecule has 0 aliphatic heterocycles. The number of rotatable bonds is 3. The van der Waals surface area contributed by atoms with Crippen molar-refractivity contribution in [3.05, 3.63) is 54.6 Å². The van der Waals surface area contributed by atoms with Gasteiger partial charge < -0.3 is 10.2 Å². The minimum absolute atomic E-state index is 0.781. The molecule has 0 aliphatic rings. The van der Waals surface area contributed by atoms with Gasteiger partial charge in [-0.2, -0.15) is 0 Å². The van der Waals surface area contributed by atoms with Gasteiger partial charge in [-0.3, -0.25) is 5.84 Å². The Kier molecular flexibility index (Phi) is 3.23. The zero-order valence-electron chi connectivity index (χ0n) is 11.1. The maximum absolute atomic E-state index is 5.64. The fourth-order valence-electron chi connectivity index (χ4n) is 2.21. The van der Waals surface area contributed by atoms with Crippen molar-refractivity contribution >= 4 is 16.6 Å². The average Bonchev–Trinajstić information content (AvgIpc) is 2.54. The van der Waals surface area contributed by atoms with Gasteiger partial charge >= 0.3 is 0 Å². The second-order valence-electron chi connectivity index (χ2n) is 4.45. The summed E-state index contributed by atoms with van der Waals surface area (Å²) < 4.78 is 5.24. The van der Waals surface area contributed by atoms with E-state index in [1.54, 1.807) is 7.11 Å². The van der Waals surface area contributed by atoms with E-state index >= 15 is 0 Å². The summed E-state index contributed by atoms with van der Waals surface area (Å²) >= 11 is 0. The molecular formula is C16H15N3O. The highest BCUT2D eigenvalue weighted by Gasteiger charge is 2.07. The van der Waals surface area contributed by atoms with E-state index in [0.717, 1.165) is 33.6 Å². The molecule has 0 spiro atoms. The summed E-state index contributed by atoms with van der Waals surface area (Å²) in [6.45, 7) is 0. The van der Waals surface area contributed by atoms with Crippen LogP contribution in [-0.4, -0.2) is 12.1 Å². The van der Waals surface area contributed by atoms with Crippen molar-refractivity contribution in [2.24, 2.45) is 5.84 Å². The number of aromatic nitrogens is 1. The van der Waals surface area contributed by atoms with Gasteiger partial charge in [-0.1, -0.05) is 30.3 Å². The first kappa shape index (κ1) is 12.4. The van der Waals surface area contributed by atoms with E-state index in [4.69, 9.17) is 10.6 Å². The predicted molar refractivity (Wildman–Crippen MR) is 81.5 cm³/mol. The fraction of sp³-hybridized carbons (Fsp3) is 0.0625. The monoisotopic (exact) mass is 265 g/mol. The number of nitrogens with two attached hydrogens (primary N) is 1. The molecule has 0 amide bonds. The SMILES string of the molecule is COc1ccc2nc(-c3ccccc3)cc(NN)c2c1. The molecule has 3 rings (SSSR count). The number of benzene rings is 2. The van der Waals surface area contributed by atoms with Crippen LogP contribution in [0.2, 0.25) is 0 Å². The first-order chi connectivity index (χ1) is 9.81. The molecule has 3 N–H and O–H groups in total. The summed E-state index contributed by atoms with van der Waals surface area (Å²) in [4.78, 5) is 4.68. The molecule has 0 bridgehead atoms. The Morgan fingerprint density at radius 2 is 1.85 bits per heavy atom. The number of nitrogens with one attached hydrogen (secondary N) is 1. The number of pyridine rings is 1. The molecule has 0 fully saturated rings. The highest BCUT2D eigenvalue weighted by atomic mass is 16.5. The molecule has 1 aromatic heterocycles. The molecule has 2 aromatic carbocycles. The molecule has 4 nitrogen and oxygen atoms in total. The smallest absolute Gasteiger partial charge is 0.119 e. The second kappa shape index (κ2) is 5.19. The quantitative estimate of drug-likeness (QED) is 0.564. The summed E-state index contributed by atoms with van der Waals surface area (Å²) in [7, 11) is 1.64. The van der Waals surface area contributed by atoms with E-state index in [0.29, 0.717) is 0 Å². The Bertz CT molecular complexity index is 741. The largest absolute Gasteiger partial charge is 0.497 e. The van der Waals surface area contributed by atoms with Gasteiger partial charge in [0, 0.05) is 10.9 Å². The van der Waals surface area contributed by atoms with Crippen LogP contribution in [0.5, 0.6) is 5.75 Å². The molecule has 4 heteroatoms. The maximum Gasteiger partial charge on any atom is 0.119 e. The molecule has 3 aromatic rings. The fourth-order valence-corrected chi connectivity index (χ4v) is 2.21. The Labute approximate surface area is 117 Å². The lowest BCUT2D eigenvalue weighted by molar-refractivity contribution is 0.415. The van der Waals surface area contributed by atoms with Crippen LogP contribution < -0.4 is 16.0 Å². The first-order valence-electron chi connectivity index (χ1n) is 6.32. The third kappa shape index (κ3) is 2.17. The highest BCUT2D eigenvalue weighted by molar-refractivity contribution is 5.94. The number of methoxy groups -OCH3 is 1. The van der Waals surface area contributed by atoms with Crippen molar-refractivity contribution in [1.29, 1.82) is 0 Å². The molecule has 0 unspecified atom stereocenters. The van der Waals surface area contributed by atoms with E-state index in [2.05, 4.69) is 10.4 Å². The van der Waals surface area contributed by atoms with Crippen LogP contribution >= 0.6 is 0 Å². The Balaban J connectivity index is 2.22. The molecule has 0 saturated heterocycles. The molecule has 0 atom stereocenters. The van der Waals surface area contributed by atoms with E-state index in [1.165, 1.54) is 0 Å². The van der Waals surface area contributed by atoms with Gasteiger partial charge in [0.15, 0.2) is 0 Å². The Hall–Kier alpha value is -2.59. The van der Waals surface area contributed by atoms with Crippen molar-refractivity contribution in [1.82, 2.24) is 4.98 Å². The molecule has 100 valence electrons. The topological polar surface area (TPSA) is 60.2 Å². The molecule has 0 radical (unpaired) electrons. The van der Waals surface area contributed by atoms with Gasteiger partial charge in [-0.15, -0.1) is 0 Å². The third-order valence-electron chi connectivity index (χ3n) is 3.24. The van der Waals surface area contributed by atoms with Gasteiger partial charge in [0.1, 0.15) is 5.75 Å². The van der Waals surface area contributed by atoms with Gasteiger partial charge in [0.25, 0.3) is 0 Å². The summed E-state index contributed by atoms with van der Waals surface area (Å²) in [5.74, 6) is 6.42. The molecular weight excluding hydrogens is 250 g/mol. The molecule has 20 heavy (non-hydrogen) atoms. The molecule has 1 heterocycles. The average molecular weight is 265 g/mol. The number of anilines is 1.